The molecular formula is C15H9Cl2N3O5S2. The lowest BCUT2D eigenvalue weighted by molar-refractivity contribution is 0.0985. The zero-order chi connectivity index (χ0) is 19.6. The van der Waals surface area contributed by atoms with Crippen molar-refractivity contribution in [2.75, 3.05) is 4.72 Å². The molecule has 2 heterocycles. The first-order chi connectivity index (χ1) is 12.6. The van der Waals surface area contributed by atoms with Gasteiger partial charge in [-0.3, -0.25) is 9.52 Å². The average Bonchev–Trinajstić information content (AvgIpc) is 3.09. The van der Waals surface area contributed by atoms with Gasteiger partial charge in [0.2, 0.25) is 0 Å². The highest BCUT2D eigenvalue weighted by Gasteiger charge is 2.33. The van der Waals surface area contributed by atoms with E-state index in [1.165, 1.54) is 18.3 Å². The van der Waals surface area contributed by atoms with E-state index in [4.69, 9.17) is 23.2 Å². The van der Waals surface area contributed by atoms with Crippen LogP contribution in [0.2, 0.25) is 10.0 Å². The van der Waals surface area contributed by atoms with Crippen LogP contribution in [0.1, 0.15) is 10.4 Å². The standard InChI is InChI=1S/C15H9Cl2N3O5S2/c16-9-2-3-11(14-13(9)10(17)6-18-14)19-26(22,23)7-1-4-12-8(5-7)15(21)20-27(12,24)25/h1-6,18-19H,(H,20,21). The van der Waals surface area contributed by atoms with Crippen molar-refractivity contribution in [1.82, 2.24) is 9.71 Å². The molecule has 8 nitrogen and oxygen atoms in total. The first kappa shape index (κ1) is 18.1. The molecule has 1 aromatic heterocycles. The number of hydrogen-bond acceptors (Lipinski definition) is 5. The van der Waals surface area contributed by atoms with Crippen molar-refractivity contribution >= 4 is 65.7 Å². The fraction of sp³-hybridized carbons (Fsp3) is 0. The molecule has 0 atom stereocenters. The second-order valence-corrected chi connectivity index (χ2v) is 9.83. The third-order valence-corrected chi connectivity index (χ3v) is 7.37. The number of aromatic nitrogens is 1. The molecule has 0 radical (unpaired) electrons. The van der Waals surface area contributed by atoms with Crippen LogP contribution >= 0.6 is 23.2 Å². The fourth-order valence-electron chi connectivity index (χ4n) is 2.78. The van der Waals surface area contributed by atoms with E-state index in [0.717, 1.165) is 18.2 Å². The summed E-state index contributed by atoms with van der Waals surface area (Å²) in [7, 11) is -8.08. The predicted molar refractivity (Wildman–Crippen MR) is 100 cm³/mol. The molecular weight excluding hydrogens is 437 g/mol. The zero-order valence-corrected chi connectivity index (χ0v) is 16.2. The van der Waals surface area contributed by atoms with Gasteiger partial charge in [-0.05, 0) is 30.3 Å². The van der Waals surface area contributed by atoms with Gasteiger partial charge in [0.05, 0.1) is 31.7 Å². The van der Waals surface area contributed by atoms with Gasteiger partial charge in [0.25, 0.3) is 26.0 Å². The van der Waals surface area contributed by atoms with Gasteiger partial charge in [-0.1, -0.05) is 23.2 Å². The number of carbonyl (C=O) groups excluding carboxylic acids is 1. The van der Waals surface area contributed by atoms with Crippen molar-refractivity contribution in [1.29, 1.82) is 0 Å². The molecule has 0 saturated heterocycles. The van der Waals surface area contributed by atoms with E-state index in [1.807, 2.05) is 0 Å². The quantitative estimate of drug-likeness (QED) is 0.571. The maximum absolute atomic E-state index is 12.7. The predicted octanol–water partition coefficient (Wildman–Crippen LogP) is 2.71. The van der Waals surface area contributed by atoms with Crippen LogP contribution < -0.4 is 9.44 Å². The summed E-state index contributed by atoms with van der Waals surface area (Å²) in [5, 5.41) is 1.13. The normalized spacial score (nSPS) is 15.6. The third-order valence-electron chi connectivity index (χ3n) is 4.00. The third kappa shape index (κ3) is 2.85. The monoisotopic (exact) mass is 445 g/mol. The Balaban J connectivity index is 1.79. The van der Waals surface area contributed by atoms with Gasteiger partial charge in [-0.15, -0.1) is 0 Å². The SMILES string of the molecule is O=C1NS(=O)(=O)c2ccc(S(=O)(=O)Nc3ccc(Cl)c4c(Cl)c[nH]c34)cc21. The Morgan fingerprint density at radius 2 is 1.78 bits per heavy atom. The van der Waals surface area contributed by atoms with Crippen molar-refractivity contribution in [2.24, 2.45) is 0 Å². The molecule has 0 bridgehead atoms. The second kappa shape index (κ2) is 5.86. The topological polar surface area (TPSA) is 125 Å². The molecule has 0 unspecified atom stereocenters. The van der Waals surface area contributed by atoms with Crippen LogP contribution in [-0.4, -0.2) is 27.7 Å². The number of carbonyl (C=O) groups is 1. The van der Waals surface area contributed by atoms with Crippen molar-refractivity contribution < 1.29 is 21.6 Å². The van der Waals surface area contributed by atoms with Crippen LogP contribution in [0.15, 0.2) is 46.3 Å². The Bertz CT molecular complexity index is 1350. The number of aromatic amines is 1. The number of fused-ring (bicyclic) bond motifs is 2. The summed E-state index contributed by atoms with van der Waals surface area (Å²) in [5.74, 6) is -0.882. The van der Waals surface area contributed by atoms with Gasteiger partial charge in [0.15, 0.2) is 0 Å². The van der Waals surface area contributed by atoms with Crippen LogP contribution in [0.3, 0.4) is 0 Å². The van der Waals surface area contributed by atoms with Gasteiger partial charge in [-0.2, -0.15) is 0 Å². The summed E-state index contributed by atoms with van der Waals surface area (Å²) in [6, 6.07) is 6.13. The smallest absolute Gasteiger partial charge is 0.266 e. The van der Waals surface area contributed by atoms with Crippen molar-refractivity contribution in [3.63, 3.8) is 0 Å². The number of halogens is 2. The maximum atomic E-state index is 12.7. The molecule has 1 aliphatic heterocycles. The molecule has 2 aromatic carbocycles. The summed E-state index contributed by atoms with van der Waals surface area (Å²) >= 11 is 12.1. The van der Waals surface area contributed by atoms with Gasteiger partial charge in [0, 0.05) is 11.6 Å². The van der Waals surface area contributed by atoms with Crippen molar-refractivity contribution in [3.8, 4) is 0 Å². The number of amides is 1. The molecule has 12 heteroatoms. The number of rotatable bonds is 3. The first-order valence-corrected chi connectivity index (χ1v) is 11.0. The van der Waals surface area contributed by atoms with Gasteiger partial charge in [0.1, 0.15) is 4.90 Å². The minimum atomic E-state index is -4.12. The highest BCUT2D eigenvalue weighted by Crippen LogP contribution is 2.35. The van der Waals surface area contributed by atoms with E-state index in [2.05, 4.69) is 9.71 Å². The van der Waals surface area contributed by atoms with E-state index >= 15 is 0 Å². The average molecular weight is 446 g/mol. The molecule has 0 spiro atoms. The number of hydrogen-bond donors (Lipinski definition) is 3. The van der Waals surface area contributed by atoms with Crippen LogP contribution in [0, 0.1) is 0 Å². The largest absolute Gasteiger partial charge is 0.358 e. The minimum absolute atomic E-state index is 0.193. The lowest BCUT2D eigenvalue weighted by Gasteiger charge is -2.10. The highest BCUT2D eigenvalue weighted by molar-refractivity contribution is 7.92. The summed E-state index contributed by atoms with van der Waals surface area (Å²) in [6.07, 6.45) is 1.47. The maximum Gasteiger partial charge on any atom is 0.266 e. The second-order valence-electron chi connectivity index (χ2n) is 5.68. The molecule has 1 amide bonds. The van der Waals surface area contributed by atoms with Crippen LogP contribution in [0.4, 0.5) is 5.69 Å². The number of anilines is 1. The molecule has 0 aliphatic carbocycles. The van der Waals surface area contributed by atoms with Crippen molar-refractivity contribution in [2.45, 2.75) is 9.79 Å². The number of benzene rings is 2. The molecule has 4 rings (SSSR count). The van der Waals surface area contributed by atoms with E-state index in [1.54, 1.807) is 4.72 Å². The molecule has 140 valence electrons. The summed E-state index contributed by atoms with van der Waals surface area (Å²) < 4.78 is 53.2. The summed E-state index contributed by atoms with van der Waals surface area (Å²) in [4.78, 5) is 14.1. The van der Waals surface area contributed by atoms with E-state index in [0.29, 0.717) is 20.9 Å². The molecule has 3 aromatic rings. The minimum Gasteiger partial charge on any atom is -0.358 e. The fourth-order valence-corrected chi connectivity index (χ4v) is 5.59. The van der Waals surface area contributed by atoms with Gasteiger partial charge in [-0.25, -0.2) is 21.6 Å². The summed E-state index contributed by atoms with van der Waals surface area (Å²) in [6.45, 7) is 0. The summed E-state index contributed by atoms with van der Waals surface area (Å²) in [5.41, 5.74) is 0.346. The van der Waals surface area contributed by atoms with E-state index in [9.17, 15) is 21.6 Å². The van der Waals surface area contributed by atoms with E-state index in [-0.39, 0.29) is 21.0 Å². The lowest BCUT2D eigenvalue weighted by atomic mass is 10.2. The molecule has 0 fully saturated rings. The Hall–Kier alpha value is -2.27. The van der Waals surface area contributed by atoms with Gasteiger partial charge < -0.3 is 4.98 Å². The highest BCUT2D eigenvalue weighted by atomic mass is 35.5. The van der Waals surface area contributed by atoms with Crippen molar-refractivity contribution in [3.05, 3.63) is 52.1 Å². The zero-order valence-electron chi connectivity index (χ0n) is 13.1. The Kier molecular flexibility index (Phi) is 3.93. The first-order valence-electron chi connectivity index (χ1n) is 7.29. The van der Waals surface area contributed by atoms with E-state index < -0.39 is 26.0 Å². The lowest BCUT2D eigenvalue weighted by Crippen LogP contribution is -2.20. The Morgan fingerprint density at radius 3 is 2.52 bits per heavy atom. The Labute approximate surface area is 163 Å². The molecule has 27 heavy (non-hydrogen) atoms. The molecule has 0 saturated carbocycles. The Morgan fingerprint density at radius 1 is 1.04 bits per heavy atom. The molecule has 3 N–H and O–H groups in total. The number of H-pyrrole nitrogens is 1. The van der Waals surface area contributed by atoms with Crippen LogP contribution in [0.25, 0.3) is 10.9 Å². The number of nitrogens with one attached hydrogen (secondary N) is 3. The van der Waals surface area contributed by atoms with Crippen LogP contribution in [-0.2, 0) is 20.0 Å². The molecule has 1 aliphatic rings. The van der Waals surface area contributed by atoms with Crippen LogP contribution in [0.5, 0.6) is 0 Å². The van der Waals surface area contributed by atoms with Gasteiger partial charge >= 0.3 is 0 Å². The number of sulfonamides is 2.